The first-order valence-corrected chi connectivity index (χ1v) is 5.25. The van der Waals surface area contributed by atoms with Crippen molar-refractivity contribution in [2.24, 2.45) is 0 Å². The highest BCUT2D eigenvalue weighted by atomic mass is 19.1. The normalized spacial score (nSPS) is 15.3. The number of likely N-dealkylation sites (tertiary alicyclic amines) is 1. The van der Waals surface area contributed by atoms with Crippen LogP contribution < -0.4 is 0 Å². The van der Waals surface area contributed by atoms with Crippen LogP contribution in [0.15, 0.2) is 18.2 Å². The quantitative estimate of drug-likeness (QED) is 0.462. The van der Waals surface area contributed by atoms with Gasteiger partial charge in [0.15, 0.2) is 0 Å². The third kappa shape index (κ3) is 2.20. The Morgan fingerprint density at radius 3 is 2.39 bits per heavy atom. The molecule has 1 aromatic rings. The minimum Gasteiger partial charge on any atom is -0.278 e. The summed E-state index contributed by atoms with van der Waals surface area (Å²) in [5.74, 6) is -1.59. The van der Waals surface area contributed by atoms with Gasteiger partial charge in [-0.1, -0.05) is 6.07 Å². The van der Waals surface area contributed by atoms with E-state index in [1.54, 1.807) is 0 Å². The number of carbonyl (C=O) groups excluding carboxylic acids is 2. The molecule has 6 nitrogen and oxygen atoms in total. The third-order valence-corrected chi connectivity index (χ3v) is 2.70. The fourth-order valence-corrected chi connectivity index (χ4v) is 1.78. The zero-order chi connectivity index (χ0) is 13.3. The van der Waals surface area contributed by atoms with E-state index >= 15 is 0 Å². The highest BCUT2D eigenvalue weighted by Crippen LogP contribution is 2.21. The summed E-state index contributed by atoms with van der Waals surface area (Å²) in [7, 11) is 0. The summed E-state index contributed by atoms with van der Waals surface area (Å²) in [4.78, 5) is 33.3. The van der Waals surface area contributed by atoms with E-state index in [4.69, 9.17) is 0 Å². The molecule has 0 aliphatic carbocycles. The topological polar surface area (TPSA) is 80.5 Å². The summed E-state index contributed by atoms with van der Waals surface area (Å²) < 4.78 is 13.3. The number of nitro groups is 1. The van der Waals surface area contributed by atoms with E-state index in [0.717, 1.165) is 17.0 Å². The molecule has 7 heteroatoms. The number of nitrogens with zero attached hydrogens (tertiary/aromatic N) is 2. The van der Waals surface area contributed by atoms with E-state index < -0.39 is 16.4 Å². The van der Waals surface area contributed by atoms with Crippen molar-refractivity contribution in [3.63, 3.8) is 0 Å². The predicted molar refractivity (Wildman–Crippen MR) is 57.8 cm³/mol. The lowest BCUT2D eigenvalue weighted by molar-refractivity contribution is -0.387. The van der Waals surface area contributed by atoms with Crippen LogP contribution in [0.2, 0.25) is 0 Å². The smallest absolute Gasteiger partial charge is 0.278 e. The Kier molecular flexibility index (Phi) is 3.05. The molecule has 0 unspecified atom stereocenters. The van der Waals surface area contributed by atoms with E-state index in [1.807, 2.05) is 0 Å². The van der Waals surface area contributed by atoms with Gasteiger partial charge in [-0.2, -0.15) is 4.39 Å². The molecule has 0 saturated carbocycles. The van der Waals surface area contributed by atoms with Crippen LogP contribution in [0.4, 0.5) is 10.1 Å². The molecule has 0 N–H and O–H groups in total. The van der Waals surface area contributed by atoms with Crippen molar-refractivity contribution in [2.45, 2.75) is 19.4 Å². The molecule has 1 fully saturated rings. The maximum atomic E-state index is 13.3. The number of hydrogen-bond acceptors (Lipinski definition) is 4. The molecular weight excluding hydrogens is 243 g/mol. The maximum Gasteiger partial charge on any atom is 0.304 e. The van der Waals surface area contributed by atoms with Gasteiger partial charge in [0.2, 0.25) is 17.6 Å². The fraction of sp³-hybridized carbons (Fsp3) is 0.273. The summed E-state index contributed by atoms with van der Waals surface area (Å²) >= 11 is 0. The fourth-order valence-electron chi connectivity index (χ4n) is 1.78. The molecule has 18 heavy (non-hydrogen) atoms. The van der Waals surface area contributed by atoms with Crippen LogP contribution >= 0.6 is 0 Å². The Hall–Kier alpha value is -2.31. The van der Waals surface area contributed by atoms with Crippen molar-refractivity contribution in [3.8, 4) is 0 Å². The minimum atomic E-state index is -0.975. The zero-order valence-electron chi connectivity index (χ0n) is 9.26. The molecule has 1 aliphatic rings. The predicted octanol–water partition coefficient (Wildman–Crippen LogP) is 1.38. The Morgan fingerprint density at radius 1 is 1.28 bits per heavy atom. The second kappa shape index (κ2) is 4.52. The summed E-state index contributed by atoms with van der Waals surface area (Å²) in [6.45, 7) is -0.0490. The van der Waals surface area contributed by atoms with E-state index in [9.17, 15) is 24.1 Å². The second-order valence-electron chi connectivity index (χ2n) is 3.92. The first-order chi connectivity index (χ1) is 8.49. The molecular formula is C11H9FN2O4. The molecule has 2 rings (SSSR count). The number of hydrogen-bond donors (Lipinski definition) is 0. The summed E-state index contributed by atoms with van der Waals surface area (Å²) in [5.41, 5.74) is -0.278. The monoisotopic (exact) mass is 252 g/mol. The molecule has 0 bridgehead atoms. The van der Waals surface area contributed by atoms with Gasteiger partial charge in [0, 0.05) is 18.9 Å². The lowest BCUT2D eigenvalue weighted by Crippen LogP contribution is -2.28. The molecule has 1 aliphatic heterocycles. The van der Waals surface area contributed by atoms with Crippen molar-refractivity contribution < 1.29 is 18.9 Å². The molecule has 0 aromatic heterocycles. The molecule has 1 heterocycles. The van der Waals surface area contributed by atoms with Crippen molar-refractivity contribution in [2.75, 3.05) is 0 Å². The molecule has 2 amide bonds. The van der Waals surface area contributed by atoms with Gasteiger partial charge in [0.1, 0.15) is 0 Å². The number of nitro benzene ring substituents is 1. The first-order valence-electron chi connectivity index (χ1n) is 5.25. The first kappa shape index (κ1) is 12.2. The Bertz CT molecular complexity index is 528. The Labute approximate surface area is 101 Å². The third-order valence-electron chi connectivity index (χ3n) is 2.70. The van der Waals surface area contributed by atoms with Gasteiger partial charge in [0.05, 0.1) is 11.5 Å². The van der Waals surface area contributed by atoms with E-state index in [1.165, 1.54) is 6.07 Å². The van der Waals surface area contributed by atoms with Gasteiger partial charge >= 0.3 is 5.69 Å². The van der Waals surface area contributed by atoms with Crippen LogP contribution in [0.1, 0.15) is 18.4 Å². The highest BCUT2D eigenvalue weighted by molar-refractivity contribution is 6.01. The van der Waals surface area contributed by atoms with Crippen LogP contribution in [0.5, 0.6) is 0 Å². The number of imide groups is 1. The van der Waals surface area contributed by atoms with E-state index in [2.05, 4.69) is 0 Å². The standard InChI is InChI=1S/C11H9FN2O4/c12-8-5-7(1-2-9(8)14(17)18)6-13-10(15)3-4-11(13)16/h1-2,5H,3-4,6H2. The van der Waals surface area contributed by atoms with E-state index in [0.29, 0.717) is 5.56 Å². The number of carbonyl (C=O) groups is 2. The lowest BCUT2D eigenvalue weighted by Gasteiger charge is -2.13. The molecule has 0 spiro atoms. The largest absolute Gasteiger partial charge is 0.304 e. The van der Waals surface area contributed by atoms with Crippen molar-refractivity contribution in [1.82, 2.24) is 4.90 Å². The van der Waals surface area contributed by atoms with Crippen molar-refractivity contribution in [1.29, 1.82) is 0 Å². The number of amides is 2. The Balaban J connectivity index is 2.20. The van der Waals surface area contributed by atoms with Gasteiger partial charge in [-0.25, -0.2) is 0 Å². The lowest BCUT2D eigenvalue weighted by atomic mass is 10.2. The SMILES string of the molecule is O=C1CCC(=O)N1Cc1ccc([N+](=O)[O-])c(F)c1. The van der Waals surface area contributed by atoms with Gasteiger partial charge in [-0.15, -0.1) is 0 Å². The average molecular weight is 252 g/mol. The Morgan fingerprint density at radius 2 is 1.89 bits per heavy atom. The van der Waals surface area contributed by atoms with Gasteiger partial charge in [-0.05, 0) is 11.6 Å². The molecule has 0 atom stereocenters. The van der Waals surface area contributed by atoms with Crippen LogP contribution in [-0.4, -0.2) is 21.6 Å². The maximum absolute atomic E-state index is 13.3. The minimum absolute atomic E-state index is 0.0490. The summed E-state index contributed by atoms with van der Waals surface area (Å²) in [6, 6.07) is 3.33. The highest BCUT2D eigenvalue weighted by Gasteiger charge is 2.29. The van der Waals surface area contributed by atoms with E-state index in [-0.39, 0.29) is 31.2 Å². The molecule has 1 saturated heterocycles. The zero-order valence-corrected chi connectivity index (χ0v) is 9.26. The van der Waals surface area contributed by atoms with Crippen LogP contribution in [0, 0.1) is 15.9 Å². The number of halogens is 1. The number of rotatable bonds is 3. The molecule has 1 aromatic carbocycles. The average Bonchev–Trinajstić information content (AvgIpc) is 2.60. The van der Waals surface area contributed by atoms with Gasteiger partial charge in [0.25, 0.3) is 0 Å². The van der Waals surface area contributed by atoms with Crippen molar-refractivity contribution in [3.05, 3.63) is 39.7 Å². The second-order valence-corrected chi connectivity index (χ2v) is 3.92. The summed E-state index contributed by atoms with van der Waals surface area (Å²) in [5, 5.41) is 10.4. The molecule has 94 valence electrons. The van der Waals surface area contributed by atoms with Gasteiger partial charge < -0.3 is 0 Å². The van der Waals surface area contributed by atoms with Crippen molar-refractivity contribution >= 4 is 17.5 Å². The molecule has 0 radical (unpaired) electrons. The van der Waals surface area contributed by atoms with Crippen LogP contribution in [0.25, 0.3) is 0 Å². The summed E-state index contributed by atoms with van der Waals surface area (Å²) in [6.07, 6.45) is 0.322. The van der Waals surface area contributed by atoms with Crippen LogP contribution in [-0.2, 0) is 16.1 Å². The van der Waals surface area contributed by atoms with Gasteiger partial charge in [-0.3, -0.25) is 24.6 Å². The van der Waals surface area contributed by atoms with Crippen LogP contribution in [0.3, 0.4) is 0 Å². The number of benzene rings is 1.